The summed E-state index contributed by atoms with van der Waals surface area (Å²) in [6.07, 6.45) is 1.28. The van der Waals surface area contributed by atoms with Crippen LogP contribution in [0.3, 0.4) is 0 Å². The first-order valence-corrected chi connectivity index (χ1v) is 8.44. The first kappa shape index (κ1) is 19.2. The highest BCUT2D eigenvalue weighted by Crippen LogP contribution is 2.19. The average Bonchev–Trinajstić information content (AvgIpc) is 2.64. The minimum absolute atomic E-state index is 0.143. The van der Waals surface area contributed by atoms with Crippen molar-refractivity contribution in [2.75, 3.05) is 10.6 Å². The molecule has 0 fully saturated rings. The molecule has 28 heavy (non-hydrogen) atoms. The lowest BCUT2D eigenvalue weighted by molar-refractivity contribution is 0.102. The molecular weight excluding hydrogens is 364 g/mol. The van der Waals surface area contributed by atoms with E-state index in [2.05, 4.69) is 15.6 Å². The van der Waals surface area contributed by atoms with E-state index < -0.39 is 29.1 Å². The molecule has 142 valence electrons. The van der Waals surface area contributed by atoms with Crippen molar-refractivity contribution in [3.63, 3.8) is 0 Å². The van der Waals surface area contributed by atoms with Gasteiger partial charge in [0, 0.05) is 17.4 Å². The molecule has 0 unspecified atom stereocenters. The fourth-order valence-corrected chi connectivity index (χ4v) is 2.74. The number of aromatic nitrogens is 1. The lowest BCUT2D eigenvalue weighted by Gasteiger charge is -2.09. The van der Waals surface area contributed by atoms with E-state index in [0.29, 0.717) is 5.69 Å². The third-order valence-corrected chi connectivity index (χ3v) is 3.94. The second-order valence-electron chi connectivity index (χ2n) is 6.31. The van der Waals surface area contributed by atoms with E-state index in [1.807, 2.05) is 32.0 Å². The van der Waals surface area contributed by atoms with Crippen LogP contribution >= 0.6 is 0 Å². The number of halogens is 2. The van der Waals surface area contributed by atoms with Crippen molar-refractivity contribution < 1.29 is 18.4 Å². The molecule has 2 aromatic carbocycles. The van der Waals surface area contributed by atoms with E-state index >= 15 is 0 Å². The molecule has 0 saturated heterocycles. The van der Waals surface area contributed by atoms with Crippen LogP contribution < -0.4 is 10.6 Å². The highest BCUT2D eigenvalue weighted by Gasteiger charge is 2.16. The van der Waals surface area contributed by atoms with Gasteiger partial charge in [0.15, 0.2) is 0 Å². The van der Waals surface area contributed by atoms with Gasteiger partial charge in [-0.15, -0.1) is 0 Å². The number of benzene rings is 2. The Bertz CT molecular complexity index is 1030. The standard InChI is InChI=1S/C21H17F2N3O2/c1-12-8-13(2)10-15(9-12)25-20(27)14-6-7-24-18(11-14)21(28)26-19-16(22)4-3-5-17(19)23/h3-11H,1-2H3,(H,25,27)(H,26,28). The Balaban J connectivity index is 1.79. The highest BCUT2D eigenvalue weighted by molar-refractivity contribution is 6.07. The Morgan fingerprint density at radius 2 is 1.50 bits per heavy atom. The third-order valence-electron chi connectivity index (χ3n) is 3.94. The predicted octanol–water partition coefficient (Wildman–Crippen LogP) is 4.48. The number of pyridine rings is 1. The average molecular weight is 381 g/mol. The second kappa shape index (κ2) is 7.96. The number of nitrogens with one attached hydrogen (secondary N) is 2. The highest BCUT2D eigenvalue weighted by atomic mass is 19.1. The number of hydrogen-bond acceptors (Lipinski definition) is 3. The number of aryl methyl sites for hydroxylation is 2. The first-order valence-electron chi connectivity index (χ1n) is 8.44. The number of carbonyl (C=O) groups is 2. The molecule has 2 amide bonds. The second-order valence-corrected chi connectivity index (χ2v) is 6.31. The van der Waals surface area contributed by atoms with Crippen molar-refractivity contribution in [2.24, 2.45) is 0 Å². The van der Waals surface area contributed by atoms with Gasteiger partial charge in [-0.3, -0.25) is 14.6 Å². The van der Waals surface area contributed by atoms with E-state index in [9.17, 15) is 18.4 Å². The van der Waals surface area contributed by atoms with Crippen LogP contribution in [0.5, 0.6) is 0 Å². The summed E-state index contributed by atoms with van der Waals surface area (Å²) in [7, 11) is 0. The minimum atomic E-state index is -0.905. The third kappa shape index (κ3) is 4.37. The van der Waals surface area contributed by atoms with E-state index in [-0.39, 0.29) is 11.3 Å². The van der Waals surface area contributed by atoms with Crippen molar-refractivity contribution in [1.29, 1.82) is 0 Å². The normalized spacial score (nSPS) is 10.4. The molecule has 0 radical (unpaired) electrons. The molecule has 3 rings (SSSR count). The smallest absolute Gasteiger partial charge is 0.274 e. The molecule has 0 saturated carbocycles. The van der Waals surface area contributed by atoms with E-state index in [1.54, 1.807) is 0 Å². The number of amides is 2. The Morgan fingerprint density at radius 3 is 2.14 bits per heavy atom. The number of hydrogen-bond donors (Lipinski definition) is 2. The molecule has 1 heterocycles. The number of carbonyl (C=O) groups excluding carboxylic acids is 2. The molecular formula is C21H17F2N3O2. The van der Waals surface area contributed by atoms with Crippen molar-refractivity contribution in [3.05, 3.63) is 88.7 Å². The molecule has 2 N–H and O–H groups in total. The van der Waals surface area contributed by atoms with Crippen LogP contribution in [0.4, 0.5) is 20.2 Å². The predicted molar refractivity (Wildman–Crippen MR) is 102 cm³/mol. The summed E-state index contributed by atoms with van der Waals surface area (Å²) in [6, 6.07) is 11.6. The fraction of sp³-hybridized carbons (Fsp3) is 0.0952. The van der Waals surface area contributed by atoms with Crippen LogP contribution in [0, 0.1) is 25.5 Å². The lowest BCUT2D eigenvalue weighted by Crippen LogP contribution is -2.18. The molecule has 0 aliphatic carbocycles. The molecule has 0 bridgehead atoms. The summed E-state index contributed by atoms with van der Waals surface area (Å²) in [6.45, 7) is 3.83. The van der Waals surface area contributed by atoms with Crippen LogP contribution in [-0.2, 0) is 0 Å². The van der Waals surface area contributed by atoms with Gasteiger partial charge in [0.25, 0.3) is 11.8 Å². The van der Waals surface area contributed by atoms with E-state index in [0.717, 1.165) is 23.3 Å². The zero-order chi connectivity index (χ0) is 20.3. The maximum absolute atomic E-state index is 13.7. The Morgan fingerprint density at radius 1 is 0.857 bits per heavy atom. The molecule has 0 spiro atoms. The first-order chi connectivity index (χ1) is 13.3. The molecule has 0 aliphatic rings. The fourth-order valence-electron chi connectivity index (χ4n) is 2.74. The van der Waals surface area contributed by atoms with Crippen molar-refractivity contribution in [2.45, 2.75) is 13.8 Å². The number of anilines is 2. The lowest BCUT2D eigenvalue weighted by atomic mass is 10.1. The van der Waals surface area contributed by atoms with Gasteiger partial charge in [0.1, 0.15) is 23.0 Å². The molecule has 0 aliphatic heterocycles. The van der Waals surface area contributed by atoms with Crippen molar-refractivity contribution in [3.8, 4) is 0 Å². The van der Waals surface area contributed by atoms with Gasteiger partial charge in [-0.05, 0) is 61.4 Å². The van der Waals surface area contributed by atoms with Crippen LogP contribution in [0.15, 0.2) is 54.7 Å². The maximum Gasteiger partial charge on any atom is 0.274 e. The summed E-state index contributed by atoms with van der Waals surface area (Å²) in [5.74, 6) is -3.07. The Kier molecular flexibility index (Phi) is 5.44. The summed E-state index contributed by atoms with van der Waals surface area (Å²) in [5.41, 5.74) is 2.09. The summed E-state index contributed by atoms with van der Waals surface area (Å²) in [5, 5.41) is 4.90. The van der Waals surface area contributed by atoms with Crippen LogP contribution in [-0.4, -0.2) is 16.8 Å². The largest absolute Gasteiger partial charge is 0.322 e. The topological polar surface area (TPSA) is 71.1 Å². The van der Waals surface area contributed by atoms with Gasteiger partial charge < -0.3 is 10.6 Å². The quantitative estimate of drug-likeness (QED) is 0.700. The van der Waals surface area contributed by atoms with E-state index in [1.165, 1.54) is 24.4 Å². The monoisotopic (exact) mass is 381 g/mol. The van der Waals surface area contributed by atoms with Gasteiger partial charge in [-0.2, -0.15) is 0 Å². The summed E-state index contributed by atoms with van der Waals surface area (Å²) >= 11 is 0. The zero-order valence-electron chi connectivity index (χ0n) is 15.2. The van der Waals surface area contributed by atoms with Gasteiger partial charge in [-0.25, -0.2) is 8.78 Å². The number of para-hydroxylation sites is 1. The van der Waals surface area contributed by atoms with Gasteiger partial charge in [0.05, 0.1) is 0 Å². The van der Waals surface area contributed by atoms with Gasteiger partial charge in [-0.1, -0.05) is 12.1 Å². The van der Waals surface area contributed by atoms with Crippen molar-refractivity contribution >= 4 is 23.2 Å². The van der Waals surface area contributed by atoms with Gasteiger partial charge in [0.2, 0.25) is 0 Å². The van der Waals surface area contributed by atoms with Crippen LogP contribution in [0.25, 0.3) is 0 Å². The Labute approximate surface area is 160 Å². The molecule has 7 heteroatoms. The number of nitrogens with zero attached hydrogens (tertiary/aromatic N) is 1. The zero-order valence-corrected chi connectivity index (χ0v) is 15.2. The molecule has 5 nitrogen and oxygen atoms in total. The van der Waals surface area contributed by atoms with Crippen LogP contribution in [0.2, 0.25) is 0 Å². The SMILES string of the molecule is Cc1cc(C)cc(NC(=O)c2ccnc(C(=O)Nc3c(F)cccc3F)c2)c1. The number of rotatable bonds is 4. The van der Waals surface area contributed by atoms with E-state index in [4.69, 9.17) is 0 Å². The minimum Gasteiger partial charge on any atom is -0.322 e. The Hall–Kier alpha value is -3.61. The summed E-state index contributed by atoms with van der Waals surface area (Å²) in [4.78, 5) is 28.7. The van der Waals surface area contributed by atoms with Crippen molar-refractivity contribution in [1.82, 2.24) is 4.98 Å². The molecule has 0 atom stereocenters. The molecule has 3 aromatic rings. The maximum atomic E-state index is 13.7. The molecule has 1 aromatic heterocycles. The van der Waals surface area contributed by atoms with Crippen LogP contribution in [0.1, 0.15) is 32.0 Å². The van der Waals surface area contributed by atoms with Gasteiger partial charge >= 0.3 is 0 Å². The summed E-state index contributed by atoms with van der Waals surface area (Å²) < 4.78 is 27.4.